The molecule has 1 amide bonds. The molecule has 1 saturated heterocycles. The quantitative estimate of drug-likeness (QED) is 0.847. The number of para-hydroxylation sites is 1. The van der Waals surface area contributed by atoms with Crippen LogP contribution in [0.1, 0.15) is 19.3 Å². The largest absolute Gasteiger partial charge is 0.368 e. The molecule has 0 spiro atoms. The molecular weight excluding hydrogens is 317 g/mol. The van der Waals surface area contributed by atoms with Crippen LogP contribution in [-0.2, 0) is 9.53 Å². The number of rotatable bonds is 2. The summed E-state index contributed by atoms with van der Waals surface area (Å²) < 4.78 is 6.48. The highest BCUT2D eigenvalue weighted by molar-refractivity contribution is 14.1. The van der Waals surface area contributed by atoms with Crippen molar-refractivity contribution < 1.29 is 9.53 Å². The van der Waals surface area contributed by atoms with Gasteiger partial charge in [0.15, 0.2) is 0 Å². The summed E-state index contributed by atoms with van der Waals surface area (Å²) in [5.74, 6) is -0.0242. The lowest BCUT2D eigenvalue weighted by atomic mass is 10.1. The highest BCUT2D eigenvalue weighted by Gasteiger charge is 2.22. The summed E-state index contributed by atoms with van der Waals surface area (Å²) >= 11 is 2.21. The van der Waals surface area contributed by atoms with E-state index in [1.54, 1.807) is 0 Å². The van der Waals surface area contributed by atoms with Crippen molar-refractivity contribution in [2.24, 2.45) is 0 Å². The van der Waals surface area contributed by atoms with Crippen LogP contribution in [0, 0.1) is 3.57 Å². The minimum atomic E-state index is -0.273. The van der Waals surface area contributed by atoms with E-state index in [1.165, 1.54) is 0 Å². The monoisotopic (exact) mass is 331 g/mol. The van der Waals surface area contributed by atoms with Crippen molar-refractivity contribution in [3.8, 4) is 0 Å². The van der Waals surface area contributed by atoms with Crippen molar-refractivity contribution in [3.05, 3.63) is 27.8 Å². The number of carbonyl (C=O) groups is 1. The lowest BCUT2D eigenvalue weighted by Crippen LogP contribution is -2.33. The normalized spacial score (nSPS) is 20.4. The van der Waals surface area contributed by atoms with E-state index in [9.17, 15) is 4.79 Å². The molecule has 16 heavy (non-hydrogen) atoms. The first-order valence-corrected chi connectivity index (χ1v) is 6.52. The van der Waals surface area contributed by atoms with Crippen LogP contribution in [0.2, 0.25) is 0 Å². The molecule has 1 N–H and O–H groups in total. The predicted molar refractivity (Wildman–Crippen MR) is 71.4 cm³/mol. The Labute approximate surface area is 109 Å². The second-order valence-corrected chi connectivity index (χ2v) is 4.99. The lowest BCUT2D eigenvalue weighted by Gasteiger charge is -2.21. The Balaban J connectivity index is 1.99. The summed E-state index contributed by atoms with van der Waals surface area (Å²) in [6, 6.07) is 7.74. The van der Waals surface area contributed by atoms with E-state index in [0.717, 1.165) is 28.5 Å². The number of anilines is 1. The SMILES string of the molecule is O=C(Nc1ccccc1I)C1CCCCO1. The third-order valence-electron chi connectivity index (χ3n) is 2.60. The Morgan fingerprint density at radius 1 is 1.38 bits per heavy atom. The van der Waals surface area contributed by atoms with Crippen molar-refractivity contribution >= 4 is 34.2 Å². The smallest absolute Gasteiger partial charge is 0.253 e. The maximum Gasteiger partial charge on any atom is 0.253 e. The molecule has 0 bridgehead atoms. The van der Waals surface area contributed by atoms with E-state index >= 15 is 0 Å². The molecule has 1 aliphatic heterocycles. The molecule has 1 heterocycles. The molecule has 1 aromatic rings. The Bertz CT molecular complexity index is 375. The van der Waals surface area contributed by atoms with E-state index in [0.29, 0.717) is 6.61 Å². The van der Waals surface area contributed by atoms with Crippen LogP contribution in [0.5, 0.6) is 0 Å². The fourth-order valence-corrected chi connectivity index (χ4v) is 2.25. The van der Waals surface area contributed by atoms with Gasteiger partial charge in [0.05, 0.1) is 5.69 Å². The Kier molecular flexibility index (Phi) is 4.17. The number of halogens is 1. The second-order valence-electron chi connectivity index (χ2n) is 3.82. The number of carbonyl (C=O) groups excluding carboxylic acids is 1. The van der Waals surface area contributed by atoms with E-state index in [4.69, 9.17) is 4.74 Å². The van der Waals surface area contributed by atoms with Crippen LogP contribution in [-0.4, -0.2) is 18.6 Å². The van der Waals surface area contributed by atoms with Gasteiger partial charge >= 0.3 is 0 Å². The van der Waals surface area contributed by atoms with E-state index < -0.39 is 0 Å². The van der Waals surface area contributed by atoms with Gasteiger partial charge in [0.2, 0.25) is 0 Å². The molecule has 86 valence electrons. The van der Waals surface area contributed by atoms with Crippen LogP contribution in [0.25, 0.3) is 0 Å². The van der Waals surface area contributed by atoms with Gasteiger partial charge in [-0.3, -0.25) is 4.79 Å². The number of ether oxygens (including phenoxy) is 1. The standard InChI is InChI=1S/C12H14INO2/c13-9-5-1-2-6-10(9)14-12(15)11-7-3-4-8-16-11/h1-2,5-6,11H,3-4,7-8H2,(H,14,15). The van der Waals surface area contributed by atoms with Gasteiger partial charge in [-0.15, -0.1) is 0 Å². The summed E-state index contributed by atoms with van der Waals surface area (Å²) in [4.78, 5) is 11.9. The maximum absolute atomic E-state index is 11.9. The van der Waals surface area contributed by atoms with Gasteiger partial charge < -0.3 is 10.1 Å². The molecule has 3 nitrogen and oxygen atoms in total. The summed E-state index contributed by atoms with van der Waals surface area (Å²) in [7, 11) is 0. The van der Waals surface area contributed by atoms with Crippen LogP contribution in [0.15, 0.2) is 24.3 Å². The highest BCUT2D eigenvalue weighted by Crippen LogP contribution is 2.19. The number of hydrogen-bond donors (Lipinski definition) is 1. The number of amides is 1. The van der Waals surface area contributed by atoms with Gasteiger partial charge in [-0.1, -0.05) is 12.1 Å². The molecule has 1 aliphatic rings. The van der Waals surface area contributed by atoms with Crippen LogP contribution in [0.4, 0.5) is 5.69 Å². The molecule has 0 aliphatic carbocycles. The van der Waals surface area contributed by atoms with Crippen molar-refractivity contribution in [2.75, 3.05) is 11.9 Å². The van der Waals surface area contributed by atoms with Crippen molar-refractivity contribution in [1.29, 1.82) is 0 Å². The maximum atomic E-state index is 11.9. The van der Waals surface area contributed by atoms with Gasteiger partial charge in [-0.2, -0.15) is 0 Å². The average molecular weight is 331 g/mol. The van der Waals surface area contributed by atoms with Gasteiger partial charge in [-0.25, -0.2) is 0 Å². The third kappa shape index (κ3) is 2.95. The first-order chi connectivity index (χ1) is 7.77. The number of nitrogens with one attached hydrogen (secondary N) is 1. The van der Waals surface area contributed by atoms with Crippen LogP contribution < -0.4 is 5.32 Å². The molecule has 1 fully saturated rings. The van der Waals surface area contributed by atoms with E-state index in [-0.39, 0.29) is 12.0 Å². The molecule has 1 atom stereocenters. The summed E-state index contributed by atoms with van der Waals surface area (Å²) in [5, 5.41) is 2.91. The first kappa shape index (κ1) is 11.9. The van der Waals surface area contributed by atoms with Gasteiger partial charge in [0.25, 0.3) is 5.91 Å². The van der Waals surface area contributed by atoms with Crippen LogP contribution >= 0.6 is 22.6 Å². The summed E-state index contributed by atoms with van der Waals surface area (Å²) in [6.45, 7) is 0.698. The zero-order valence-corrected chi connectivity index (χ0v) is 11.1. The van der Waals surface area contributed by atoms with Gasteiger partial charge in [0.1, 0.15) is 6.10 Å². The topological polar surface area (TPSA) is 38.3 Å². The summed E-state index contributed by atoms with van der Waals surface area (Å²) in [6.07, 6.45) is 2.69. The first-order valence-electron chi connectivity index (χ1n) is 5.44. The second kappa shape index (κ2) is 5.63. The third-order valence-corrected chi connectivity index (χ3v) is 3.54. The molecule has 0 aromatic heterocycles. The Morgan fingerprint density at radius 3 is 2.88 bits per heavy atom. The molecule has 0 radical (unpaired) electrons. The fraction of sp³-hybridized carbons (Fsp3) is 0.417. The molecule has 0 saturated carbocycles. The summed E-state index contributed by atoms with van der Waals surface area (Å²) in [5.41, 5.74) is 0.863. The minimum Gasteiger partial charge on any atom is -0.368 e. The molecular formula is C12H14INO2. The van der Waals surface area contributed by atoms with Gasteiger partial charge in [-0.05, 0) is 54.0 Å². The lowest BCUT2D eigenvalue weighted by molar-refractivity contribution is -0.129. The van der Waals surface area contributed by atoms with Crippen molar-refractivity contribution in [2.45, 2.75) is 25.4 Å². The molecule has 4 heteroatoms. The number of benzene rings is 1. The highest BCUT2D eigenvalue weighted by atomic mass is 127. The van der Waals surface area contributed by atoms with Crippen molar-refractivity contribution in [1.82, 2.24) is 0 Å². The molecule has 1 unspecified atom stereocenters. The Morgan fingerprint density at radius 2 is 2.19 bits per heavy atom. The minimum absolute atomic E-state index is 0.0242. The number of hydrogen-bond acceptors (Lipinski definition) is 2. The zero-order valence-electron chi connectivity index (χ0n) is 8.91. The van der Waals surface area contributed by atoms with E-state index in [2.05, 4.69) is 27.9 Å². The molecule has 1 aromatic carbocycles. The predicted octanol–water partition coefficient (Wildman–Crippen LogP) is 2.80. The average Bonchev–Trinajstić information content (AvgIpc) is 2.33. The van der Waals surface area contributed by atoms with Crippen LogP contribution in [0.3, 0.4) is 0 Å². The van der Waals surface area contributed by atoms with Gasteiger partial charge in [0, 0.05) is 10.2 Å². The van der Waals surface area contributed by atoms with Crippen molar-refractivity contribution in [3.63, 3.8) is 0 Å². The van der Waals surface area contributed by atoms with E-state index in [1.807, 2.05) is 24.3 Å². The Hall–Kier alpha value is -0.620. The fourth-order valence-electron chi connectivity index (χ4n) is 1.72. The molecule has 2 rings (SSSR count). The zero-order chi connectivity index (χ0) is 11.4.